The monoisotopic (exact) mass is 272 g/mol. The van der Waals surface area contributed by atoms with Crippen LogP contribution in [0.15, 0.2) is 22.6 Å². The molecule has 0 radical (unpaired) electrons. The Morgan fingerprint density at radius 3 is 3.00 bits per heavy atom. The molecule has 1 aromatic heterocycles. The second-order valence-electron chi connectivity index (χ2n) is 4.44. The van der Waals surface area contributed by atoms with E-state index in [9.17, 15) is 8.78 Å². The zero-order chi connectivity index (χ0) is 12.7. The van der Waals surface area contributed by atoms with Crippen LogP contribution in [0.4, 0.5) is 14.8 Å². The van der Waals surface area contributed by atoms with Crippen molar-refractivity contribution in [3.05, 3.63) is 23.2 Å². The van der Waals surface area contributed by atoms with Gasteiger partial charge < -0.3 is 9.32 Å². The van der Waals surface area contributed by atoms with Crippen LogP contribution in [0.3, 0.4) is 0 Å². The largest absolute Gasteiger partial charge is 0.423 e. The Morgan fingerprint density at radius 1 is 1.44 bits per heavy atom. The number of nitrogens with zero attached hydrogens (tertiary/aromatic N) is 2. The lowest BCUT2D eigenvalue weighted by Gasteiger charge is -2.12. The maximum absolute atomic E-state index is 12.6. The summed E-state index contributed by atoms with van der Waals surface area (Å²) in [5, 5.41) is 0.578. The summed E-state index contributed by atoms with van der Waals surface area (Å²) >= 11 is 5.86. The van der Waals surface area contributed by atoms with Crippen molar-refractivity contribution in [1.29, 1.82) is 0 Å². The summed E-state index contributed by atoms with van der Waals surface area (Å²) in [7, 11) is 0. The molecule has 1 aliphatic heterocycles. The molecule has 0 spiro atoms. The van der Waals surface area contributed by atoms with Gasteiger partial charge in [-0.05, 0) is 24.6 Å². The van der Waals surface area contributed by atoms with E-state index < -0.39 is 12.3 Å². The molecule has 18 heavy (non-hydrogen) atoms. The molecule has 1 fully saturated rings. The number of fused-ring (bicyclic) bond motifs is 1. The summed E-state index contributed by atoms with van der Waals surface area (Å²) in [4.78, 5) is 6.03. The molecular weight excluding hydrogens is 262 g/mol. The molecule has 3 rings (SSSR count). The minimum absolute atomic E-state index is 0.290. The fraction of sp³-hybridized carbons (Fsp3) is 0.417. The van der Waals surface area contributed by atoms with Gasteiger partial charge in [0.1, 0.15) is 5.52 Å². The number of alkyl halides is 2. The van der Waals surface area contributed by atoms with Crippen molar-refractivity contribution in [2.45, 2.75) is 12.8 Å². The maximum atomic E-state index is 12.6. The Morgan fingerprint density at radius 2 is 2.28 bits per heavy atom. The summed E-state index contributed by atoms with van der Waals surface area (Å²) < 4.78 is 30.7. The first-order valence-corrected chi connectivity index (χ1v) is 6.10. The molecule has 2 aromatic rings. The Hall–Kier alpha value is -1.36. The predicted molar refractivity (Wildman–Crippen MR) is 65.3 cm³/mol. The molecule has 2 heterocycles. The highest BCUT2D eigenvalue weighted by atomic mass is 35.5. The molecule has 1 atom stereocenters. The Labute approximate surface area is 107 Å². The standard InChI is InChI=1S/C12H11ClF2N2O/c13-8-1-2-10-9(5-8)16-12(18-10)17-4-3-7(6-17)11(14)15/h1-2,5,7,11H,3-4,6H2. The topological polar surface area (TPSA) is 29.3 Å². The van der Waals surface area contributed by atoms with Crippen LogP contribution in [0.2, 0.25) is 5.02 Å². The third kappa shape index (κ3) is 2.03. The van der Waals surface area contributed by atoms with Crippen LogP contribution in [0.1, 0.15) is 6.42 Å². The third-order valence-corrected chi connectivity index (χ3v) is 3.42. The molecule has 3 nitrogen and oxygen atoms in total. The molecule has 96 valence electrons. The van der Waals surface area contributed by atoms with Crippen molar-refractivity contribution in [2.24, 2.45) is 5.92 Å². The molecule has 0 N–H and O–H groups in total. The van der Waals surface area contributed by atoms with Gasteiger partial charge in [-0.25, -0.2) is 8.78 Å². The van der Waals surface area contributed by atoms with Gasteiger partial charge in [0.15, 0.2) is 5.58 Å². The molecule has 6 heteroatoms. The van der Waals surface area contributed by atoms with Crippen molar-refractivity contribution in [1.82, 2.24) is 4.98 Å². The molecule has 0 aliphatic carbocycles. The number of oxazole rings is 1. The van der Waals surface area contributed by atoms with Crippen LogP contribution in [-0.2, 0) is 0 Å². The number of aromatic nitrogens is 1. The number of halogens is 3. The molecule has 1 saturated heterocycles. The van der Waals surface area contributed by atoms with E-state index in [1.54, 1.807) is 23.1 Å². The van der Waals surface area contributed by atoms with E-state index >= 15 is 0 Å². The first-order valence-electron chi connectivity index (χ1n) is 5.72. The highest BCUT2D eigenvalue weighted by Gasteiger charge is 2.31. The summed E-state index contributed by atoms with van der Waals surface area (Å²) in [5.74, 6) is -0.594. The predicted octanol–water partition coefficient (Wildman–Crippen LogP) is 3.57. The van der Waals surface area contributed by atoms with Gasteiger partial charge in [-0.3, -0.25) is 0 Å². The van der Waals surface area contributed by atoms with Gasteiger partial charge in [0.05, 0.1) is 0 Å². The van der Waals surface area contributed by atoms with Crippen molar-refractivity contribution < 1.29 is 13.2 Å². The van der Waals surface area contributed by atoms with Gasteiger partial charge in [-0.15, -0.1) is 0 Å². The molecule has 0 saturated carbocycles. The average Bonchev–Trinajstić information content (AvgIpc) is 2.93. The normalized spacial score (nSPS) is 20.2. The number of benzene rings is 1. The van der Waals surface area contributed by atoms with Crippen LogP contribution < -0.4 is 4.90 Å². The fourth-order valence-corrected chi connectivity index (χ4v) is 2.36. The van der Waals surface area contributed by atoms with Gasteiger partial charge >= 0.3 is 0 Å². The lowest BCUT2D eigenvalue weighted by atomic mass is 10.1. The fourth-order valence-electron chi connectivity index (χ4n) is 2.19. The molecule has 1 aliphatic rings. The zero-order valence-electron chi connectivity index (χ0n) is 9.44. The zero-order valence-corrected chi connectivity index (χ0v) is 10.2. The lowest BCUT2D eigenvalue weighted by Crippen LogP contribution is -2.22. The van der Waals surface area contributed by atoms with Crippen molar-refractivity contribution >= 4 is 28.7 Å². The second kappa shape index (κ2) is 4.39. The number of hydrogen-bond acceptors (Lipinski definition) is 3. The number of hydrogen-bond donors (Lipinski definition) is 0. The van der Waals surface area contributed by atoms with Gasteiger partial charge in [0.2, 0.25) is 6.43 Å². The second-order valence-corrected chi connectivity index (χ2v) is 4.87. The quantitative estimate of drug-likeness (QED) is 0.837. The Kier molecular flexibility index (Phi) is 2.86. The van der Waals surface area contributed by atoms with E-state index in [1.807, 2.05) is 0 Å². The first kappa shape index (κ1) is 11.7. The van der Waals surface area contributed by atoms with E-state index in [2.05, 4.69) is 4.98 Å². The van der Waals surface area contributed by atoms with E-state index in [0.29, 0.717) is 35.1 Å². The van der Waals surface area contributed by atoms with E-state index in [-0.39, 0.29) is 6.54 Å². The van der Waals surface area contributed by atoms with Gasteiger partial charge in [-0.2, -0.15) is 4.98 Å². The summed E-state index contributed by atoms with van der Waals surface area (Å²) in [6, 6.07) is 5.54. The van der Waals surface area contributed by atoms with Crippen LogP contribution in [0.5, 0.6) is 0 Å². The van der Waals surface area contributed by atoms with Crippen molar-refractivity contribution in [3.63, 3.8) is 0 Å². The minimum Gasteiger partial charge on any atom is -0.423 e. The van der Waals surface area contributed by atoms with Gasteiger partial charge in [0, 0.05) is 24.0 Å². The van der Waals surface area contributed by atoms with Gasteiger partial charge in [-0.1, -0.05) is 11.6 Å². The Balaban J connectivity index is 1.87. The average molecular weight is 273 g/mol. The van der Waals surface area contributed by atoms with Gasteiger partial charge in [0.25, 0.3) is 6.01 Å². The molecule has 0 bridgehead atoms. The van der Waals surface area contributed by atoms with Crippen molar-refractivity contribution in [3.8, 4) is 0 Å². The van der Waals surface area contributed by atoms with Crippen LogP contribution in [-0.4, -0.2) is 24.5 Å². The molecule has 0 amide bonds. The third-order valence-electron chi connectivity index (χ3n) is 3.19. The summed E-state index contributed by atoms with van der Waals surface area (Å²) in [6.07, 6.45) is -1.81. The number of rotatable bonds is 2. The highest BCUT2D eigenvalue weighted by Crippen LogP contribution is 2.30. The SMILES string of the molecule is FC(F)C1CCN(c2nc3cc(Cl)ccc3o2)C1. The number of anilines is 1. The summed E-state index contributed by atoms with van der Waals surface area (Å²) in [6.45, 7) is 0.841. The first-order chi connectivity index (χ1) is 8.63. The smallest absolute Gasteiger partial charge is 0.298 e. The maximum Gasteiger partial charge on any atom is 0.298 e. The van der Waals surface area contributed by atoms with Crippen LogP contribution in [0, 0.1) is 5.92 Å². The summed E-state index contributed by atoms with van der Waals surface area (Å²) in [5.41, 5.74) is 1.27. The Bertz CT molecular complexity index is 572. The van der Waals surface area contributed by atoms with Crippen molar-refractivity contribution in [2.75, 3.05) is 18.0 Å². The molecule has 1 aromatic carbocycles. The highest BCUT2D eigenvalue weighted by molar-refractivity contribution is 6.31. The van der Waals surface area contributed by atoms with Crippen LogP contribution >= 0.6 is 11.6 Å². The molecular formula is C12H11ClF2N2O. The minimum atomic E-state index is -2.28. The van der Waals surface area contributed by atoms with E-state index in [1.165, 1.54) is 0 Å². The van der Waals surface area contributed by atoms with E-state index in [0.717, 1.165) is 0 Å². The van der Waals surface area contributed by atoms with Crippen LogP contribution in [0.25, 0.3) is 11.1 Å². The lowest BCUT2D eigenvalue weighted by molar-refractivity contribution is 0.0879. The molecule has 1 unspecified atom stereocenters. The van der Waals surface area contributed by atoms with E-state index in [4.69, 9.17) is 16.0 Å².